The van der Waals surface area contributed by atoms with Crippen LogP contribution in [-0.2, 0) is 4.74 Å². The van der Waals surface area contributed by atoms with E-state index >= 15 is 0 Å². The summed E-state index contributed by atoms with van der Waals surface area (Å²) in [7, 11) is 1.41. The molecule has 0 aliphatic rings. The van der Waals surface area contributed by atoms with Crippen molar-refractivity contribution >= 4 is 34.7 Å². The molecule has 138 valence electrons. The van der Waals surface area contributed by atoms with Crippen LogP contribution in [-0.4, -0.2) is 36.5 Å². The number of carbonyl (C=O) groups is 1. The lowest BCUT2D eigenvalue weighted by atomic mass is 10.2. The van der Waals surface area contributed by atoms with Gasteiger partial charge in [0.1, 0.15) is 0 Å². The van der Waals surface area contributed by atoms with E-state index in [1.54, 1.807) is 23.1 Å². The van der Waals surface area contributed by atoms with Gasteiger partial charge in [-0.05, 0) is 25.0 Å². The lowest BCUT2D eigenvalue weighted by Crippen LogP contribution is -2.33. The van der Waals surface area contributed by atoms with Crippen LogP contribution in [0.25, 0.3) is 11.0 Å². The molecule has 0 N–H and O–H groups in total. The molecule has 0 unspecified atom stereocenters. The second-order valence-corrected chi connectivity index (χ2v) is 6.94. The van der Waals surface area contributed by atoms with Crippen molar-refractivity contribution in [1.29, 1.82) is 0 Å². The first-order valence-corrected chi connectivity index (χ1v) is 9.85. The molecule has 0 saturated heterocycles. The van der Waals surface area contributed by atoms with Gasteiger partial charge in [-0.1, -0.05) is 50.8 Å². The molecule has 6 heteroatoms. The van der Waals surface area contributed by atoms with Crippen molar-refractivity contribution in [3.05, 3.63) is 30.5 Å². The minimum Gasteiger partial charge on any atom is -0.462 e. The van der Waals surface area contributed by atoms with E-state index in [0.29, 0.717) is 11.5 Å². The Hall–Kier alpha value is -1.66. The summed E-state index contributed by atoms with van der Waals surface area (Å²) in [5.41, 5.74) is 1.45. The second kappa shape index (κ2) is 10.4. The van der Waals surface area contributed by atoms with Gasteiger partial charge in [-0.2, -0.15) is 0 Å². The number of methoxy groups -OCH3 is 1. The number of carbonyl (C=O) groups excluding carboxylic acids is 1. The molecule has 0 aliphatic carbocycles. The van der Waals surface area contributed by atoms with E-state index in [1.807, 2.05) is 24.3 Å². The topological polar surface area (TPSA) is 45.9 Å². The summed E-state index contributed by atoms with van der Waals surface area (Å²) in [6.45, 7) is 6.45. The summed E-state index contributed by atoms with van der Waals surface area (Å²) in [6, 6.07) is 7.70. The van der Waals surface area contributed by atoms with Crippen molar-refractivity contribution < 1.29 is 13.9 Å². The number of furan rings is 1. The molecule has 5 nitrogen and oxygen atoms in total. The fourth-order valence-electron chi connectivity index (χ4n) is 2.57. The fourth-order valence-corrected chi connectivity index (χ4v) is 3.61. The number of ether oxygens (including phenoxy) is 1. The van der Waals surface area contributed by atoms with Gasteiger partial charge < -0.3 is 9.15 Å². The molecule has 0 fully saturated rings. The zero-order valence-electron chi connectivity index (χ0n) is 15.4. The number of amides is 1. The highest BCUT2D eigenvalue weighted by Gasteiger charge is 2.21. The fraction of sp³-hybridized carbons (Fsp3) is 0.526. The van der Waals surface area contributed by atoms with Crippen LogP contribution >= 0.6 is 11.9 Å². The summed E-state index contributed by atoms with van der Waals surface area (Å²) < 4.78 is 12.9. The van der Waals surface area contributed by atoms with Crippen LogP contribution in [0.15, 0.2) is 34.9 Å². The molecular weight excluding hydrogens is 336 g/mol. The maximum atomic E-state index is 12.3. The summed E-state index contributed by atoms with van der Waals surface area (Å²) in [5, 5.41) is 0.977. The van der Waals surface area contributed by atoms with E-state index in [9.17, 15) is 4.79 Å². The highest BCUT2D eigenvalue weighted by Crippen LogP contribution is 2.30. The maximum Gasteiger partial charge on any atom is 0.414 e. The van der Waals surface area contributed by atoms with Gasteiger partial charge in [0, 0.05) is 18.5 Å². The third-order valence-electron chi connectivity index (χ3n) is 4.04. The van der Waals surface area contributed by atoms with E-state index in [4.69, 9.17) is 9.15 Å². The first-order chi connectivity index (χ1) is 12.2. The molecule has 1 aromatic heterocycles. The molecule has 1 heterocycles. The highest BCUT2D eigenvalue weighted by atomic mass is 32.2. The number of para-hydroxylation sites is 1. The number of anilines is 1. The van der Waals surface area contributed by atoms with Crippen LogP contribution in [0.3, 0.4) is 0 Å². The largest absolute Gasteiger partial charge is 0.462 e. The molecule has 0 bridgehead atoms. The lowest BCUT2D eigenvalue weighted by molar-refractivity contribution is 0.180. The van der Waals surface area contributed by atoms with Crippen LogP contribution in [0, 0.1) is 0 Å². The molecule has 1 aromatic carbocycles. The zero-order valence-corrected chi connectivity index (χ0v) is 16.2. The molecule has 2 rings (SSSR count). The van der Waals surface area contributed by atoms with Crippen LogP contribution in [0.4, 0.5) is 10.5 Å². The third kappa shape index (κ3) is 5.41. The molecule has 0 saturated carbocycles. The maximum absolute atomic E-state index is 12.3. The average Bonchev–Trinajstić information content (AvgIpc) is 3.12. The Morgan fingerprint density at radius 1 is 1.16 bits per heavy atom. The van der Waals surface area contributed by atoms with E-state index < -0.39 is 0 Å². The van der Waals surface area contributed by atoms with Crippen LogP contribution < -0.4 is 4.90 Å². The minimum absolute atomic E-state index is 0.373. The number of fused-ring (bicyclic) bond motifs is 1. The Morgan fingerprint density at radius 2 is 1.88 bits per heavy atom. The van der Waals surface area contributed by atoms with Gasteiger partial charge in [-0.25, -0.2) is 9.10 Å². The number of unbranched alkanes of at least 4 members (excludes halogenated alkanes) is 2. The molecule has 2 aromatic rings. The SMILES string of the molecule is CCCCN(CCCC)SCN(C(=O)OC)c1cccc2ccoc12. The predicted molar refractivity (Wildman–Crippen MR) is 105 cm³/mol. The highest BCUT2D eigenvalue weighted by molar-refractivity contribution is 7.97. The molecule has 0 aliphatic heterocycles. The summed E-state index contributed by atoms with van der Waals surface area (Å²) in [6.07, 6.45) is 5.91. The van der Waals surface area contributed by atoms with Gasteiger partial charge >= 0.3 is 6.09 Å². The molecule has 25 heavy (non-hydrogen) atoms. The first kappa shape index (κ1) is 19.7. The second-order valence-electron chi connectivity index (χ2n) is 5.91. The minimum atomic E-state index is -0.373. The Balaban J connectivity index is 2.14. The Morgan fingerprint density at radius 3 is 2.52 bits per heavy atom. The van der Waals surface area contributed by atoms with Crippen molar-refractivity contribution in [1.82, 2.24) is 4.31 Å². The van der Waals surface area contributed by atoms with Gasteiger partial charge in [0.2, 0.25) is 0 Å². The number of nitrogens with zero attached hydrogens (tertiary/aromatic N) is 2. The quantitative estimate of drug-likeness (QED) is 0.411. The smallest absolute Gasteiger partial charge is 0.414 e. The van der Waals surface area contributed by atoms with Crippen molar-refractivity contribution in [3.63, 3.8) is 0 Å². The standard InChI is InChI=1S/C19H28N2O3S/c1-4-6-12-20(13-7-5-2)25-15-21(19(22)23-3)17-10-8-9-16-11-14-24-18(16)17/h8-11,14H,4-7,12-13,15H2,1-3H3. The van der Waals surface area contributed by atoms with Gasteiger partial charge in [0.05, 0.1) is 24.9 Å². The van der Waals surface area contributed by atoms with Crippen molar-refractivity contribution in [3.8, 4) is 0 Å². The molecular formula is C19H28N2O3S. The number of benzene rings is 1. The molecule has 1 amide bonds. The number of hydrogen-bond donors (Lipinski definition) is 0. The average molecular weight is 365 g/mol. The Labute approximate surface area is 154 Å². The van der Waals surface area contributed by atoms with Gasteiger partial charge in [0.25, 0.3) is 0 Å². The summed E-state index contributed by atoms with van der Waals surface area (Å²) in [5.74, 6) is 0.500. The van der Waals surface area contributed by atoms with E-state index in [0.717, 1.165) is 49.8 Å². The van der Waals surface area contributed by atoms with Crippen molar-refractivity contribution in [2.24, 2.45) is 0 Å². The van der Waals surface area contributed by atoms with E-state index in [2.05, 4.69) is 18.2 Å². The van der Waals surface area contributed by atoms with Gasteiger partial charge in [-0.3, -0.25) is 4.90 Å². The Kier molecular flexibility index (Phi) is 8.15. The summed E-state index contributed by atoms with van der Waals surface area (Å²) >= 11 is 1.68. The lowest BCUT2D eigenvalue weighted by Gasteiger charge is -2.26. The Bertz CT molecular complexity index is 651. The van der Waals surface area contributed by atoms with E-state index in [1.165, 1.54) is 7.11 Å². The number of hydrogen-bond acceptors (Lipinski definition) is 5. The van der Waals surface area contributed by atoms with E-state index in [-0.39, 0.29) is 6.09 Å². The van der Waals surface area contributed by atoms with Crippen LogP contribution in [0.1, 0.15) is 39.5 Å². The van der Waals surface area contributed by atoms with Gasteiger partial charge in [0.15, 0.2) is 5.58 Å². The first-order valence-electron chi connectivity index (χ1n) is 8.90. The third-order valence-corrected chi connectivity index (χ3v) is 5.14. The van der Waals surface area contributed by atoms with Gasteiger partial charge in [-0.15, -0.1) is 0 Å². The number of rotatable bonds is 10. The van der Waals surface area contributed by atoms with Crippen LogP contribution in [0.2, 0.25) is 0 Å². The molecule has 0 atom stereocenters. The summed E-state index contributed by atoms with van der Waals surface area (Å²) in [4.78, 5) is 14.0. The normalized spacial score (nSPS) is 11.2. The molecule has 0 spiro atoms. The van der Waals surface area contributed by atoms with Crippen molar-refractivity contribution in [2.45, 2.75) is 39.5 Å². The predicted octanol–water partition coefficient (Wildman–Crippen LogP) is 5.51. The monoisotopic (exact) mass is 364 g/mol. The van der Waals surface area contributed by atoms with Crippen LogP contribution in [0.5, 0.6) is 0 Å². The molecule has 0 radical (unpaired) electrons. The zero-order chi connectivity index (χ0) is 18.1. The van der Waals surface area contributed by atoms with Crippen molar-refractivity contribution in [2.75, 3.05) is 31.0 Å².